The summed E-state index contributed by atoms with van der Waals surface area (Å²) in [6.45, 7) is 3.61. The molecule has 3 fully saturated rings. The molecule has 0 radical (unpaired) electrons. The normalized spacial score (nSPS) is 48.0. The van der Waals surface area contributed by atoms with Gasteiger partial charge in [0.05, 0.1) is 23.9 Å². The molecule has 2 saturated heterocycles. The van der Waals surface area contributed by atoms with Gasteiger partial charge in [-0.15, -0.1) is 0 Å². The predicted molar refractivity (Wildman–Crippen MR) is 78.8 cm³/mol. The van der Waals surface area contributed by atoms with Crippen LogP contribution in [0.15, 0.2) is 0 Å². The second-order valence-corrected chi connectivity index (χ2v) is 7.59. The summed E-state index contributed by atoms with van der Waals surface area (Å²) in [6, 6.07) is 0.102. The maximum Gasteiger partial charge on any atom is 0.116 e. The molecule has 0 aromatic heterocycles. The van der Waals surface area contributed by atoms with Gasteiger partial charge in [0.2, 0.25) is 0 Å². The number of piperidine rings is 1. The van der Waals surface area contributed by atoms with Crippen LogP contribution in [0.3, 0.4) is 0 Å². The molecule has 2 aliphatic heterocycles. The summed E-state index contributed by atoms with van der Waals surface area (Å²) in [5, 5.41) is 20.7. The van der Waals surface area contributed by atoms with Gasteiger partial charge in [0, 0.05) is 25.0 Å². The minimum absolute atomic E-state index is 0.0691. The average Bonchev–Trinajstić information content (AvgIpc) is 2.84. The highest BCUT2D eigenvalue weighted by atomic mass is 16.5. The van der Waals surface area contributed by atoms with E-state index in [4.69, 9.17) is 9.47 Å². The zero-order chi connectivity index (χ0) is 15.4. The van der Waals surface area contributed by atoms with E-state index in [1.165, 1.54) is 0 Å². The number of nitrogens with zero attached hydrogens (tertiary/aromatic N) is 1. The molecule has 3 rings (SSSR count). The molecule has 1 saturated carbocycles. The lowest BCUT2D eigenvalue weighted by Gasteiger charge is -2.52. The summed E-state index contributed by atoms with van der Waals surface area (Å²) in [5.74, 6) is 0.622. The van der Waals surface area contributed by atoms with Crippen LogP contribution in [0.2, 0.25) is 0 Å². The monoisotopic (exact) mass is 299 g/mol. The first-order valence-electron chi connectivity index (χ1n) is 8.15. The molecule has 0 aromatic rings. The van der Waals surface area contributed by atoms with Gasteiger partial charge in [0.1, 0.15) is 6.23 Å². The number of rotatable bonds is 2. The minimum Gasteiger partial charge on any atom is -0.391 e. The number of aliphatic hydroxyl groups excluding tert-OH is 1. The molecule has 5 heteroatoms. The van der Waals surface area contributed by atoms with E-state index < -0.39 is 5.60 Å². The van der Waals surface area contributed by atoms with Crippen molar-refractivity contribution in [2.24, 2.45) is 11.8 Å². The molecule has 0 aromatic carbocycles. The van der Waals surface area contributed by atoms with E-state index in [1.54, 1.807) is 21.0 Å². The standard InChI is InChI=1S/C16H29NO4/c1-16(2,19)12-8-10-14(20-4)9-6-5-7-11(18)13(9)17(3)15(10)21-12/h9-15,18-19H,5-8H2,1-4H3/t9?,10?,11?,12-,13?,14?,15?/m0/s1. The molecule has 0 bridgehead atoms. The molecule has 6 unspecified atom stereocenters. The largest absolute Gasteiger partial charge is 0.391 e. The van der Waals surface area contributed by atoms with Crippen LogP contribution in [0.4, 0.5) is 0 Å². The Labute approximate surface area is 127 Å². The summed E-state index contributed by atoms with van der Waals surface area (Å²) in [7, 11) is 3.81. The van der Waals surface area contributed by atoms with Crippen molar-refractivity contribution in [3.05, 3.63) is 0 Å². The Morgan fingerprint density at radius 1 is 1.24 bits per heavy atom. The molecular formula is C16H29NO4. The number of hydrogen-bond acceptors (Lipinski definition) is 5. The van der Waals surface area contributed by atoms with Gasteiger partial charge in [-0.1, -0.05) is 6.42 Å². The first-order chi connectivity index (χ1) is 9.84. The summed E-state index contributed by atoms with van der Waals surface area (Å²) < 4.78 is 12.0. The van der Waals surface area contributed by atoms with Gasteiger partial charge in [-0.3, -0.25) is 4.90 Å². The van der Waals surface area contributed by atoms with E-state index in [1.807, 2.05) is 7.05 Å². The van der Waals surface area contributed by atoms with Gasteiger partial charge in [-0.25, -0.2) is 0 Å². The number of hydrogen-bond donors (Lipinski definition) is 2. The van der Waals surface area contributed by atoms with Crippen LogP contribution in [0.25, 0.3) is 0 Å². The second-order valence-electron chi connectivity index (χ2n) is 7.59. The highest BCUT2D eigenvalue weighted by molar-refractivity contribution is 5.05. The maximum atomic E-state index is 10.4. The van der Waals surface area contributed by atoms with Crippen molar-refractivity contribution in [2.75, 3.05) is 14.2 Å². The first-order valence-corrected chi connectivity index (χ1v) is 8.15. The maximum absolute atomic E-state index is 10.4. The van der Waals surface area contributed by atoms with Gasteiger partial charge >= 0.3 is 0 Å². The Kier molecular flexibility index (Phi) is 4.08. The van der Waals surface area contributed by atoms with Crippen LogP contribution in [0.1, 0.15) is 39.5 Å². The van der Waals surface area contributed by atoms with Crippen LogP contribution in [-0.2, 0) is 9.47 Å². The third-order valence-corrected chi connectivity index (χ3v) is 5.80. The summed E-state index contributed by atoms with van der Waals surface area (Å²) in [6.07, 6.45) is 3.38. The molecule has 122 valence electrons. The molecule has 2 N–H and O–H groups in total. The van der Waals surface area contributed by atoms with Crippen molar-refractivity contribution >= 4 is 0 Å². The van der Waals surface area contributed by atoms with Crippen molar-refractivity contribution in [1.29, 1.82) is 0 Å². The van der Waals surface area contributed by atoms with Crippen LogP contribution in [0.5, 0.6) is 0 Å². The van der Waals surface area contributed by atoms with Crippen LogP contribution >= 0.6 is 0 Å². The quantitative estimate of drug-likeness (QED) is 0.796. The molecule has 3 aliphatic rings. The van der Waals surface area contributed by atoms with Crippen LogP contribution < -0.4 is 0 Å². The smallest absolute Gasteiger partial charge is 0.116 e. The summed E-state index contributed by atoms with van der Waals surface area (Å²) in [4.78, 5) is 2.19. The zero-order valence-electron chi connectivity index (χ0n) is 13.5. The lowest BCUT2D eigenvalue weighted by molar-refractivity contribution is -0.201. The van der Waals surface area contributed by atoms with Crippen molar-refractivity contribution in [1.82, 2.24) is 4.90 Å². The SMILES string of the molecule is COC1C2C[C@@H](C(C)(C)O)OC2N(C)C2C(O)CCCC12. The summed E-state index contributed by atoms with van der Waals surface area (Å²) >= 11 is 0. The summed E-state index contributed by atoms with van der Waals surface area (Å²) in [5.41, 5.74) is -0.847. The number of aliphatic hydroxyl groups is 2. The molecule has 2 heterocycles. The fraction of sp³-hybridized carbons (Fsp3) is 1.00. The predicted octanol–water partition coefficient (Wildman–Crippen LogP) is 0.978. The average molecular weight is 299 g/mol. The van der Waals surface area contributed by atoms with Crippen LogP contribution in [0, 0.1) is 11.8 Å². The fourth-order valence-electron chi connectivity index (χ4n) is 4.80. The van der Waals surface area contributed by atoms with Gasteiger partial charge < -0.3 is 19.7 Å². The number of methoxy groups -OCH3 is 1. The molecule has 21 heavy (non-hydrogen) atoms. The van der Waals surface area contributed by atoms with Crippen molar-refractivity contribution in [2.45, 2.75) is 75.7 Å². The lowest BCUT2D eigenvalue weighted by Crippen LogP contribution is -2.63. The van der Waals surface area contributed by atoms with Crippen LogP contribution in [-0.4, -0.2) is 65.5 Å². The highest BCUT2D eigenvalue weighted by Gasteiger charge is 2.56. The molecule has 7 atom stereocenters. The number of fused-ring (bicyclic) bond motifs is 2. The molecule has 0 spiro atoms. The Morgan fingerprint density at radius 3 is 2.57 bits per heavy atom. The Balaban J connectivity index is 1.88. The first kappa shape index (κ1) is 15.7. The highest BCUT2D eigenvalue weighted by Crippen LogP contribution is 2.47. The van der Waals surface area contributed by atoms with Crippen molar-refractivity contribution in [3.8, 4) is 0 Å². The Hall–Kier alpha value is -0.200. The molecule has 0 amide bonds. The second kappa shape index (κ2) is 5.46. The minimum atomic E-state index is -0.847. The third kappa shape index (κ3) is 2.53. The van der Waals surface area contributed by atoms with Gasteiger partial charge in [-0.05, 0) is 40.2 Å². The van der Waals surface area contributed by atoms with Gasteiger partial charge in [0.15, 0.2) is 0 Å². The van der Waals surface area contributed by atoms with Gasteiger partial charge in [-0.2, -0.15) is 0 Å². The third-order valence-electron chi connectivity index (χ3n) is 5.80. The molecular weight excluding hydrogens is 270 g/mol. The Bertz CT molecular complexity index is 383. The van der Waals surface area contributed by atoms with Crippen molar-refractivity contribution < 1.29 is 19.7 Å². The van der Waals surface area contributed by atoms with Crippen molar-refractivity contribution in [3.63, 3.8) is 0 Å². The van der Waals surface area contributed by atoms with Gasteiger partial charge in [0.25, 0.3) is 0 Å². The topological polar surface area (TPSA) is 62.2 Å². The van der Waals surface area contributed by atoms with E-state index in [0.29, 0.717) is 5.92 Å². The molecule has 1 aliphatic carbocycles. The molecule has 5 nitrogen and oxygen atoms in total. The van der Waals surface area contributed by atoms with E-state index in [-0.39, 0.29) is 36.5 Å². The fourth-order valence-corrected chi connectivity index (χ4v) is 4.80. The van der Waals surface area contributed by atoms with E-state index in [0.717, 1.165) is 25.7 Å². The number of ether oxygens (including phenoxy) is 2. The number of likely N-dealkylation sites (tertiary alicyclic amines) is 1. The van der Waals surface area contributed by atoms with E-state index >= 15 is 0 Å². The van der Waals surface area contributed by atoms with E-state index in [2.05, 4.69) is 4.90 Å². The zero-order valence-corrected chi connectivity index (χ0v) is 13.5. The lowest BCUT2D eigenvalue weighted by atomic mass is 9.70. The van der Waals surface area contributed by atoms with E-state index in [9.17, 15) is 10.2 Å². The number of likely N-dealkylation sites (N-methyl/N-ethyl adjacent to an activating group) is 1. The Morgan fingerprint density at radius 2 is 1.95 bits per heavy atom.